The van der Waals surface area contributed by atoms with Crippen molar-refractivity contribution in [3.63, 3.8) is 0 Å². The van der Waals surface area contributed by atoms with E-state index in [1.807, 2.05) is 20.8 Å². The van der Waals surface area contributed by atoms with E-state index < -0.39 is 5.82 Å². The van der Waals surface area contributed by atoms with Gasteiger partial charge in [-0.3, -0.25) is 4.79 Å². The summed E-state index contributed by atoms with van der Waals surface area (Å²) in [6, 6.07) is 5.80. The van der Waals surface area contributed by atoms with Crippen LogP contribution in [0.15, 0.2) is 35.0 Å². The zero-order valence-corrected chi connectivity index (χ0v) is 16.1. The van der Waals surface area contributed by atoms with Crippen molar-refractivity contribution in [2.45, 2.75) is 39.7 Å². The Morgan fingerprint density at radius 3 is 2.75 bits per heavy atom. The van der Waals surface area contributed by atoms with Crippen LogP contribution in [0.1, 0.15) is 52.0 Å². The number of hydrogen-bond acceptors (Lipinski definition) is 5. The maximum absolute atomic E-state index is 14.2. The number of amides is 1. The second kappa shape index (κ2) is 7.14. The van der Waals surface area contributed by atoms with Crippen LogP contribution in [-0.4, -0.2) is 32.5 Å². The fourth-order valence-electron chi connectivity index (χ4n) is 3.67. The van der Waals surface area contributed by atoms with Crippen LogP contribution < -0.4 is 0 Å². The fraction of sp³-hybridized carbons (Fsp3) is 0.333. The number of nitrogens with zero attached hydrogens (tertiary/aromatic N) is 4. The highest BCUT2D eigenvalue weighted by molar-refractivity contribution is 5.95. The van der Waals surface area contributed by atoms with Crippen LogP contribution in [0.4, 0.5) is 4.39 Å². The van der Waals surface area contributed by atoms with Gasteiger partial charge in [0.15, 0.2) is 5.76 Å². The minimum absolute atomic E-state index is 0.0772. The SMILES string of the molecule is Cc1ncc(-c2onc(C)c2C)c(C2CCCN2C(=O)c2ccccc2F)n1. The number of benzene rings is 1. The smallest absolute Gasteiger partial charge is 0.257 e. The molecule has 3 aromatic rings. The number of carbonyl (C=O) groups is 1. The molecule has 0 saturated carbocycles. The maximum atomic E-state index is 14.2. The molecule has 1 unspecified atom stereocenters. The van der Waals surface area contributed by atoms with Crippen LogP contribution in [0.5, 0.6) is 0 Å². The van der Waals surface area contributed by atoms with E-state index in [4.69, 9.17) is 4.52 Å². The first kappa shape index (κ1) is 18.3. The topological polar surface area (TPSA) is 72.1 Å². The molecule has 0 spiro atoms. The minimum atomic E-state index is -0.515. The quantitative estimate of drug-likeness (QED) is 0.682. The molecular formula is C21H21FN4O2. The maximum Gasteiger partial charge on any atom is 0.257 e. The molecule has 28 heavy (non-hydrogen) atoms. The number of aromatic nitrogens is 3. The highest BCUT2D eigenvalue weighted by atomic mass is 19.1. The zero-order valence-electron chi connectivity index (χ0n) is 16.1. The molecule has 0 N–H and O–H groups in total. The van der Waals surface area contributed by atoms with Gasteiger partial charge in [-0.1, -0.05) is 17.3 Å². The van der Waals surface area contributed by atoms with Crippen molar-refractivity contribution < 1.29 is 13.7 Å². The van der Waals surface area contributed by atoms with Gasteiger partial charge in [-0.2, -0.15) is 0 Å². The third-order valence-corrected chi connectivity index (χ3v) is 5.27. The second-order valence-electron chi connectivity index (χ2n) is 7.07. The summed E-state index contributed by atoms with van der Waals surface area (Å²) in [5.41, 5.74) is 3.23. The molecular weight excluding hydrogens is 359 g/mol. The molecule has 1 amide bonds. The minimum Gasteiger partial charge on any atom is -0.356 e. The van der Waals surface area contributed by atoms with Crippen molar-refractivity contribution in [1.82, 2.24) is 20.0 Å². The molecule has 4 rings (SSSR count). The Hall–Kier alpha value is -3.09. The molecule has 1 aliphatic heterocycles. The number of rotatable bonds is 3. The van der Waals surface area contributed by atoms with Crippen molar-refractivity contribution in [2.75, 3.05) is 6.54 Å². The molecule has 1 aromatic carbocycles. The van der Waals surface area contributed by atoms with Crippen LogP contribution >= 0.6 is 0 Å². The normalized spacial score (nSPS) is 16.6. The lowest BCUT2D eigenvalue weighted by molar-refractivity contribution is 0.0728. The van der Waals surface area contributed by atoms with E-state index in [9.17, 15) is 9.18 Å². The Labute approximate surface area is 162 Å². The first-order valence-electron chi connectivity index (χ1n) is 9.29. The number of hydrogen-bond donors (Lipinski definition) is 0. The average Bonchev–Trinajstić information content (AvgIpc) is 3.29. The molecule has 1 aliphatic rings. The van der Waals surface area contributed by atoms with Gasteiger partial charge in [-0.25, -0.2) is 14.4 Å². The van der Waals surface area contributed by atoms with Gasteiger partial charge in [0, 0.05) is 18.3 Å². The van der Waals surface area contributed by atoms with Gasteiger partial charge in [0.05, 0.1) is 28.6 Å². The molecule has 1 fully saturated rings. The van der Waals surface area contributed by atoms with Crippen molar-refractivity contribution in [3.05, 3.63) is 64.6 Å². The summed E-state index contributed by atoms with van der Waals surface area (Å²) < 4.78 is 19.7. The lowest BCUT2D eigenvalue weighted by Gasteiger charge is -2.26. The molecule has 1 saturated heterocycles. The Balaban J connectivity index is 1.78. The summed E-state index contributed by atoms with van der Waals surface area (Å²) in [6.07, 6.45) is 3.28. The van der Waals surface area contributed by atoms with Crippen molar-refractivity contribution in [1.29, 1.82) is 0 Å². The van der Waals surface area contributed by atoms with Crippen molar-refractivity contribution in [2.24, 2.45) is 0 Å². The summed E-state index contributed by atoms with van der Waals surface area (Å²) in [7, 11) is 0. The zero-order chi connectivity index (χ0) is 19.8. The fourth-order valence-corrected chi connectivity index (χ4v) is 3.67. The average molecular weight is 380 g/mol. The van der Waals surface area contributed by atoms with Crippen LogP contribution in [-0.2, 0) is 0 Å². The largest absolute Gasteiger partial charge is 0.356 e. The molecule has 2 aromatic heterocycles. The highest BCUT2D eigenvalue weighted by Gasteiger charge is 2.35. The van der Waals surface area contributed by atoms with E-state index in [1.54, 1.807) is 23.2 Å². The van der Waals surface area contributed by atoms with E-state index in [2.05, 4.69) is 15.1 Å². The predicted molar refractivity (Wildman–Crippen MR) is 101 cm³/mol. The van der Waals surface area contributed by atoms with Gasteiger partial charge in [0.2, 0.25) is 0 Å². The summed E-state index contributed by atoms with van der Waals surface area (Å²) in [6.45, 7) is 6.17. The summed E-state index contributed by atoms with van der Waals surface area (Å²) in [5, 5.41) is 4.04. The van der Waals surface area contributed by atoms with Crippen molar-refractivity contribution >= 4 is 5.91 Å². The molecule has 0 radical (unpaired) electrons. The molecule has 0 aliphatic carbocycles. The standard InChI is InChI=1S/C21H21FN4O2/c1-12-13(2)25-28-20(12)16-11-23-14(3)24-19(16)18-9-6-10-26(18)21(27)15-7-4-5-8-17(15)22/h4-5,7-8,11,18H,6,9-10H2,1-3H3. The van der Waals surface area contributed by atoms with Gasteiger partial charge in [0.25, 0.3) is 5.91 Å². The van der Waals surface area contributed by atoms with Gasteiger partial charge in [-0.15, -0.1) is 0 Å². The number of likely N-dealkylation sites (tertiary alicyclic amines) is 1. The third kappa shape index (κ3) is 3.06. The first-order valence-corrected chi connectivity index (χ1v) is 9.29. The van der Waals surface area contributed by atoms with E-state index >= 15 is 0 Å². The highest BCUT2D eigenvalue weighted by Crippen LogP contribution is 2.38. The van der Waals surface area contributed by atoms with Crippen LogP contribution in [0.3, 0.4) is 0 Å². The molecule has 0 bridgehead atoms. The van der Waals surface area contributed by atoms with Crippen LogP contribution in [0.2, 0.25) is 0 Å². The lowest BCUT2D eigenvalue weighted by Crippen LogP contribution is -2.32. The number of carbonyl (C=O) groups excluding carboxylic acids is 1. The van der Waals surface area contributed by atoms with Crippen molar-refractivity contribution in [3.8, 4) is 11.3 Å². The second-order valence-corrected chi connectivity index (χ2v) is 7.07. The van der Waals surface area contributed by atoms with E-state index in [0.717, 1.165) is 29.7 Å². The Morgan fingerprint density at radius 1 is 1.25 bits per heavy atom. The van der Waals surface area contributed by atoms with Crippen LogP contribution in [0, 0.1) is 26.6 Å². The molecule has 1 atom stereocenters. The Kier molecular flexibility index (Phi) is 4.66. The van der Waals surface area contributed by atoms with Gasteiger partial charge in [-0.05, 0) is 45.7 Å². The predicted octanol–water partition coefficient (Wildman–Crippen LogP) is 4.17. The van der Waals surface area contributed by atoms with Gasteiger partial charge in [0.1, 0.15) is 11.6 Å². The number of halogens is 1. The van der Waals surface area contributed by atoms with E-state index in [-0.39, 0.29) is 17.5 Å². The Bertz CT molecular complexity index is 1050. The summed E-state index contributed by atoms with van der Waals surface area (Å²) in [4.78, 5) is 23.7. The van der Waals surface area contributed by atoms with E-state index in [1.165, 1.54) is 12.1 Å². The van der Waals surface area contributed by atoms with Crippen LogP contribution in [0.25, 0.3) is 11.3 Å². The lowest BCUT2D eigenvalue weighted by atomic mass is 10.0. The summed E-state index contributed by atoms with van der Waals surface area (Å²) >= 11 is 0. The number of aryl methyl sites for hydroxylation is 2. The molecule has 7 heteroatoms. The third-order valence-electron chi connectivity index (χ3n) is 5.27. The summed E-state index contributed by atoms with van der Waals surface area (Å²) in [5.74, 6) is 0.378. The van der Waals surface area contributed by atoms with Gasteiger partial charge >= 0.3 is 0 Å². The first-order chi connectivity index (χ1) is 13.5. The van der Waals surface area contributed by atoms with Gasteiger partial charge < -0.3 is 9.42 Å². The Morgan fingerprint density at radius 2 is 2.04 bits per heavy atom. The molecule has 6 nitrogen and oxygen atoms in total. The molecule has 3 heterocycles. The molecule has 144 valence electrons. The van der Waals surface area contributed by atoms with E-state index in [0.29, 0.717) is 23.8 Å². The monoisotopic (exact) mass is 380 g/mol.